The highest BCUT2D eigenvalue weighted by atomic mass is 19.1. The highest BCUT2D eigenvalue weighted by Gasteiger charge is 2.56. The van der Waals surface area contributed by atoms with Crippen LogP contribution in [-0.2, 0) is 14.9 Å². The second-order valence-corrected chi connectivity index (χ2v) is 6.38. The summed E-state index contributed by atoms with van der Waals surface area (Å²) >= 11 is 0. The molecule has 1 aliphatic carbocycles. The van der Waals surface area contributed by atoms with E-state index in [0.29, 0.717) is 25.3 Å². The third-order valence-corrected chi connectivity index (χ3v) is 4.44. The Balaban J connectivity index is 1.92. The number of benzene rings is 1. The zero-order valence-corrected chi connectivity index (χ0v) is 12.0. The van der Waals surface area contributed by atoms with E-state index in [1.54, 1.807) is 18.2 Å². The van der Waals surface area contributed by atoms with Crippen LogP contribution in [0.1, 0.15) is 32.3 Å². The number of morpholine rings is 1. The lowest BCUT2D eigenvalue weighted by atomic mass is 9.91. The van der Waals surface area contributed by atoms with Gasteiger partial charge in [-0.05, 0) is 32.8 Å². The molecule has 0 aromatic heterocycles. The minimum absolute atomic E-state index is 0.0518. The fraction of sp³-hybridized carbons (Fsp3) is 0.562. The van der Waals surface area contributed by atoms with Crippen molar-refractivity contribution in [3.63, 3.8) is 0 Å². The van der Waals surface area contributed by atoms with Gasteiger partial charge in [-0.25, -0.2) is 4.39 Å². The molecule has 0 radical (unpaired) electrons. The topological polar surface area (TPSA) is 29.5 Å². The van der Waals surface area contributed by atoms with Crippen LogP contribution in [0.25, 0.3) is 0 Å². The maximum atomic E-state index is 14.0. The number of carbonyl (C=O) groups is 1. The molecule has 1 heterocycles. The van der Waals surface area contributed by atoms with Gasteiger partial charge in [0, 0.05) is 12.1 Å². The van der Waals surface area contributed by atoms with Crippen LogP contribution >= 0.6 is 0 Å². The van der Waals surface area contributed by atoms with Gasteiger partial charge < -0.3 is 9.64 Å². The van der Waals surface area contributed by atoms with Crippen LogP contribution < -0.4 is 0 Å². The summed E-state index contributed by atoms with van der Waals surface area (Å²) in [6.07, 6.45) is 1.47. The Morgan fingerprint density at radius 3 is 2.60 bits per heavy atom. The van der Waals surface area contributed by atoms with Crippen molar-refractivity contribution in [2.75, 3.05) is 19.8 Å². The monoisotopic (exact) mass is 277 g/mol. The normalized spacial score (nSPS) is 23.4. The van der Waals surface area contributed by atoms with Gasteiger partial charge in [0.1, 0.15) is 5.82 Å². The molecule has 0 atom stereocenters. The van der Waals surface area contributed by atoms with E-state index in [4.69, 9.17) is 4.74 Å². The summed E-state index contributed by atoms with van der Waals surface area (Å²) in [5.74, 6) is -0.222. The largest absolute Gasteiger partial charge is 0.377 e. The summed E-state index contributed by atoms with van der Waals surface area (Å²) in [6, 6.07) is 6.65. The molecule has 1 saturated carbocycles. The fourth-order valence-corrected chi connectivity index (χ4v) is 3.07. The van der Waals surface area contributed by atoms with Crippen molar-refractivity contribution in [1.82, 2.24) is 4.90 Å². The van der Waals surface area contributed by atoms with Crippen LogP contribution in [0.5, 0.6) is 0 Å². The molecule has 1 aromatic rings. The average Bonchev–Trinajstić information content (AvgIpc) is 3.19. The van der Waals surface area contributed by atoms with Crippen LogP contribution in [0.15, 0.2) is 24.3 Å². The van der Waals surface area contributed by atoms with Gasteiger partial charge in [0.25, 0.3) is 0 Å². The van der Waals surface area contributed by atoms with E-state index in [9.17, 15) is 9.18 Å². The van der Waals surface area contributed by atoms with E-state index >= 15 is 0 Å². The number of ether oxygens (including phenoxy) is 1. The minimum atomic E-state index is -0.639. The highest BCUT2D eigenvalue weighted by Crippen LogP contribution is 2.51. The van der Waals surface area contributed by atoms with Gasteiger partial charge in [0.15, 0.2) is 0 Å². The molecule has 20 heavy (non-hydrogen) atoms. The summed E-state index contributed by atoms with van der Waals surface area (Å²) in [6.45, 7) is 5.68. The Hall–Kier alpha value is -1.42. The van der Waals surface area contributed by atoms with E-state index in [-0.39, 0.29) is 17.3 Å². The quantitative estimate of drug-likeness (QED) is 0.831. The summed E-state index contributed by atoms with van der Waals surface area (Å²) in [4.78, 5) is 14.8. The third-order valence-electron chi connectivity index (χ3n) is 4.44. The van der Waals surface area contributed by atoms with E-state index in [2.05, 4.69) is 0 Å². The Labute approximate surface area is 118 Å². The molecule has 1 aliphatic heterocycles. The zero-order valence-electron chi connectivity index (χ0n) is 12.0. The number of hydrogen-bond donors (Lipinski definition) is 0. The van der Waals surface area contributed by atoms with Crippen LogP contribution in [-0.4, -0.2) is 36.1 Å². The number of rotatable bonds is 2. The number of amides is 1. The molecular weight excluding hydrogens is 257 g/mol. The number of carbonyl (C=O) groups excluding carboxylic acids is 1. The van der Waals surface area contributed by atoms with Gasteiger partial charge in [-0.2, -0.15) is 0 Å². The SMILES string of the molecule is CC1(C)COCCN1C(=O)C1(c2ccccc2F)CC1. The van der Waals surface area contributed by atoms with Crippen molar-refractivity contribution in [1.29, 1.82) is 0 Å². The molecule has 1 saturated heterocycles. The fourth-order valence-electron chi connectivity index (χ4n) is 3.07. The minimum Gasteiger partial charge on any atom is -0.377 e. The molecule has 3 nitrogen and oxygen atoms in total. The molecule has 2 fully saturated rings. The lowest BCUT2D eigenvalue weighted by Gasteiger charge is -2.44. The van der Waals surface area contributed by atoms with Crippen molar-refractivity contribution in [3.8, 4) is 0 Å². The van der Waals surface area contributed by atoms with Gasteiger partial charge in [-0.1, -0.05) is 18.2 Å². The van der Waals surface area contributed by atoms with Crippen molar-refractivity contribution >= 4 is 5.91 Å². The predicted molar refractivity (Wildman–Crippen MR) is 73.9 cm³/mol. The van der Waals surface area contributed by atoms with Gasteiger partial charge in [0.2, 0.25) is 5.91 Å². The average molecular weight is 277 g/mol. The molecule has 1 amide bonds. The molecular formula is C16H20FNO2. The zero-order chi connectivity index (χ0) is 14.4. The molecule has 0 spiro atoms. The van der Waals surface area contributed by atoms with Crippen LogP contribution in [0.4, 0.5) is 4.39 Å². The van der Waals surface area contributed by atoms with Gasteiger partial charge >= 0.3 is 0 Å². The second-order valence-electron chi connectivity index (χ2n) is 6.38. The lowest BCUT2D eigenvalue weighted by Crippen LogP contribution is -2.58. The Bertz CT molecular complexity index is 537. The predicted octanol–water partition coefficient (Wildman–Crippen LogP) is 2.49. The lowest BCUT2D eigenvalue weighted by molar-refractivity contribution is -0.149. The summed E-state index contributed by atoms with van der Waals surface area (Å²) in [5.41, 5.74) is -0.414. The first kappa shape index (κ1) is 13.6. The van der Waals surface area contributed by atoms with Crippen molar-refractivity contribution in [3.05, 3.63) is 35.6 Å². The molecule has 0 bridgehead atoms. The summed E-state index contributed by atoms with van der Waals surface area (Å²) in [7, 11) is 0. The summed E-state index contributed by atoms with van der Waals surface area (Å²) < 4.78 is 19.5. The molecule has 4 heteroatoms. The van der Waals surface area contributed by atoms with E-state index in [1.807, 2.05) is 18.7 Å². The molecule has 1 aromatic carbocycles. The highest BCUT2D eigenvalue weighted by molar-refractivity contribution is 5.92. The van der Waals surface area contributed by atoms with Crippen LogP contribution in [0.3, 0.4) is 0 Å². The molecule has 0 unspecified atom stereocenters. The first-order valence-corrected chi connectivity index (χ1v) is 7.12. The Morgan fingerprint density at radius 2 is 2.00 bits per heavy atom. The van der Waals surface area contributed by atoms with Gasteiger partial charge in [0.05, 0.1) is 24.2 Å². The second kappa shape index (κ2) is 4.55. The van der Waals surface area contributed by atoms with Gasteiger partial charge in [-0.15, -0.1) is 0 Å². The number of hydrogen-bond acceptors (Lipinski definition) is 2. The maximum Gasteiger partial charge on any atom is 0.233 e. The maximum absolute atomic E-state index is 14.0. The first-order chi connectivity index (χ1) is 9.47. The van der Waals surface area contributed by atoms with Gasteiger partial charge in [-0.3, -0.25) is 4.79 Å². The molecule has 108 valence electrons. The molecule has 0 N–H and O–H groups in total. The van der Waals surface area contributed by atoms with E-state index < -0.39 is 5.41 Å². The Kier molecular flexibility index (Phi) is 3.09. The van der Waals surface area contributed by atoms with Crippen molar-refractivity contribution in [2.24, 2.45) is 0 Å². The Morgan fingerprint density at radius 1 is 1.30 bits per heavy atom. The summed E-state index contributed by atoms with van der Waals surface area (Å²) in [5, 5.41) is 0. The number of nitrogens with zero attached hydrogens (tertiary/aromatic N) is 1. The first-order valence-electron chi connectivity index (χ1n) is 7.12. The standard InChI is InChI=1S/C16H20FNO2/c1-15(2)11-20-10-9-18(15)14(19)16(7-8-16)12-5-3-4-6-13(12)17/h3-6H,7-11H2,1-2H3. The van der Waals surface area contributed by atoms with E-state index in [0.717, 1.165) is 12.8 Å². The molecule has 2 aliphatic rings. The molecule has 3 rings (SSSR count). The van der Waals surface area contributed by atoms with Crippen molar-refractivity contribution < 1.29 is 13.9 Å². The van der Waals surface area contributed by atoms with E-state index in [1.165, 1.54) is 6.07 Å². The van der Waals surface area contributed by atoms with Crippen molar-refractivity contribution in [2.45, 2.75) is 37.6 Å². The number of halogens is 1. The van der Waals surface area contributed by atoms with Crippen LogP contribution in [0, 0.1) is 5.82 Å². The third kappa shape index (κ3) is 2.03. The van der Waals surface area contributed by atoms with Crippen LogP contribution in [0.2, 0.25) is 0 Å². The smallest absolute Gasteiger partial charge is 0.233 e.